The molecule has 0 saturated heterocycles. The summed E-state index contributed by atoms with van der Waals surface area (Å²) in [6, 6.07) is 15.4. The summed E-state index contributed by atoms with van der Waals surface area (Å²) in [6.45, 7) is 2.88. The number of rotatable bonds is 6. The van der Waals surface area contributed by atoms with Gasteiger partial charge in [0.2, 0.25) is 0 Å². The summed E-state index contributed by atoms with van der Waals surface area (Å²) >= 11 is 5.78. The Hall–Kier alpha value is -2.59. The molecule has 134 valence electrons. The molecule has 5 heteroatoms. The molecule has 0 unspecified atom stereocenters. The van der Waals surface area contributed by atoms with Crippen molar-refractivity contribution < 1.29 is 9.13 Å². The first-order chi connectivity index (χ1) is 12.6. The van der Waals surface area contributed by atoms with E-state index in [1.165, 1.54) is 16.7 Å². The van der Waals surface area contributed by atoms with E-state index in [1.807, 2.05) is 24.3 Å². The Kier molecular flexibility index (Phi) is 5.74. The second kappa shape index (κ2) is 8.19. The minimum atomic E-state index is -0.424. The average Bonchev–Trinajstić information content (AvgIpc) is 2.64. The Morgan fingerprint density at radius 2 is 1.77 bits per heavy atom. The first-order valence-corrected chi connectivity index (χ1v) is 8.82. The quantitative estimate of drug-likeness (QED) is 0.600. The SMILES string of the molecule is CCCOc1ccc(-c2ccc(=O)n(Cc3ccc(Cl)cc3F)c2)cc1. The fraction of sp³-hybridized carbons (Fsp3) is 0.190. The predicted octanol–water partition coefficient (Wildman–Crippen LogP) is 5.14. The summed E-state index contributed by atoms with van der Waals surface area (Å²) < 4.78 is 21.1. The average molecular weight is 372 g/mol. The molecule has 3 nitrogen and oxygen atoms in total. The lowest BCUT2D eigenvalue weighted by Crippen LogP contribution is -2.19. The van der Waals surface area contributed by atoms with Gasteiger partial charge in [0.15, 0.2) is 0 Å². The molecule has 1 heterocycles. The Morgan fingerprint density at radius 1 is 1.04 bits per heavy atom. The molecule has 3 aromatic rings. The summed E-state index contributed by atoms with van der Waals surface area (Å²) in [4.78, 5) is 12.2. The molecule has 0 spiro atoms. The number of ether oxygens (including phenoxy) is 1. The molecule has 0 aliphatic rings. The van der Waals surface area contributed by atoms with Crippen molar-refractivity contribution in [2.45, 2.75) is 19.9 Å². The van der Waals surface area contributed by atoms with E-state index in [0.717, 1.165) is 23.3 Å². The van der Waals surface area contributed by atoms with E-state index in [1.54, 1.807) is 24.4 Å². The fourth-order valence-electron chi connectivity index (χ4n) is 2.62. The molecule has 1 aromatic heterocycles. The lowest BCUT2D eigenvalue weighted by Gasteiger charge is -2.10. The van der Waals surface area contributed by atoms with Gasteiger partial charge in [0.1, 0.15) is 11.6 Å². The van der Waals surface area contributed by atoms with Gasteiger partial charge in [-0.05, 0) is 47.9 Å². The monoisotopic (exact) mass is 371 g/mol. The number of pyridine rings is 1. The summed E-state index contributed by atoms with van der Waals surface area (Å²) in [6.07, 6.45) is 2.69. The van der Waals surface area contributed by atoms with E-state index >= 15 is 0 Å². The maximum atomic E-state index is 14.0. The van der Waals surface area contributed by atoms with E-state index in [9.17, 15) is 9.18 Å². The Labute approximate surface area is 156 Å². The highest BCUT2D eigenvalue weighted by molar-refractivity contribution is 6.30. The van der Waals surface area contributed by atoms with E-state index in [4.69, 9.17) is 16.3 Å². The van der Waals surface area contributed by atoms with Gasteiger partial charge in [-0.1, -0.05) is 36.7 Å². The Bertz CT molecular complexity index is 951. The first-order valence-electron chi connectivity index (χ1n) is 8.44. The zero-order valence-electron chi connectivity index (χ0n) is 14.4. The van der Waals surface area contributed by atoms with Crippen LogP contribution in [0.5, 0.6) is 5.75 Å². The molecule has 0 fully saturated rings. The number of aromatic nitrogens is 1. The molecule has 0 aliphatic carbocycles. The smallest absolute Gasteiger partial charge is 0.250 e. The molecule has 0 radical (unpaired) electrons. The van der Waals surface area contributed by atoms with Gasteiger partial charge in [0, 0.05) is 22.8 Å². The van der Waals surface area contributed by atoms with Crippen molar-refractivity contribution >= 4 is 11.6 Å². The van der Waals surface area contributed by atoms with Crippen LogP contribution in [-0.4, -0.2) is 11.2 Å². The zero-order chi connectivity index (χ0) is 18.5. The molecule has 0 aliphatic heterocycles. The molecular weight excluding hydrogens is 353 g/mol. The molecule has 0 atom stereocenters. The molecule has 3 rings (SSSR count). The largest absolute Gasteiger partial charge is 0.494 e. The van der Waals surface area contributed by atoms with Gasteiger partial charge in [-0.15, -0.1) is 0 Å². The van der Waals surface area contributed by atoms with Gasteiger partial charge in [-0.2, -0.15) is 0 Å². The van der Waals surface area contributed by atoms with E-state index in [0.29, 0.717) is 17.2 Å². The minimum absolute atomic E-state index is 0.146. The standard InChI is InChI=1S/C21H19ClFNO2/c1-2-11-26-19-8-4-15(5-9-19)16-6-10-21(25)24(13-16)14-17-3-7-18(22)12-20(17)23/h3-10,12-13H,2,11,14H2,1H3. The van der Waals surface area contributed by atoms with Crippen LogP contribution in [0.4, 0.5) is 4.39 Å². The van der Waals surface area contributed by atoms with Crippen molar-refractivity contribution in [2.75, 3.05) is 6.61 Å². The van der Waals surface area contributed by atoms with Gasteiger partial charge in [0.05, 0.1) is 13.2 Å². The first kappa shape index (κ1) is 18.2. The molecule has 0 bridgehead atoms. The number of halogens is 2. The van der Waals surface area contributed by atoms with Crippen LogP contribution in [0.25, 0.3) is 11.1 Å². The highest BCUT2D eigenvalue weighted by atomic mass is 35.5. The molecule has 26 heavy (non-hydrogen) atoms. The third-order valence-corrected chi connectivity index (χ3v) is 4.23. The topological polar surface area (TPSA) is 31.2 Å². The Morgan fingerprint density at radius 3 is 2.46 bits per heavy atom. The lowest BCUT2D eigenvalue weighted by molar-refractivity contribution is 0.317. The number of nitrogens with zero attached hydrogens (tertiary/aromatic N) is 1. The van der Waals surface area contributed by atoms with Crippen molar-refractivity contribution in [3.63, 3.8) is 0 Å². The number of hydrogen-bond donors (Lipinski definition) is 0. The van der Waals surface area contributed by atoms with E-state index in [-0.39, 0.29) is 12.1 Å². The third kappa shape index (κ3) is 4.33. The molecule has 0 saturated carbocycles. The maximum absolute atomic E-state index is 14.0. The van der Waals surface area contributed by atoms with Gasteiger partial charge in [0.25, 0.3) is 5.56 Å². The van der Waals surface area contributed by atoms with Gasteiger partial charge in [-0.3, -0.25) is 4.79 Å². The van der Waals surface area contributed by atoms with E-state index in [2.05, 4.69) is 6.92 Å². The zero-order valence-corrected chi connectivity index (χ0v) is 15.2. The van der Waals surface area contributed by atoms with Crippen LogP contribution in [-0.2, 0) is 6.54 Å². The fourth-order valence-corrected chi connectivity index (χ4v) is 2.78. The third-order valence-electron chi connectivity index (χ3n) is 4.00. The van der Waals surface area contributed by atoms with Gasteiger partial charge < -0.3 is 9.30 Å². The molecular formula is C21H19ClFNO2. The molecule has 2 aromatic carbocycles. The second-order valence-electron chi connectivity index (χ2n) is 5.99. The van der Waals surface area contributed by atoms with E-state index < -0.39 is 5.82 Å². The molecule has 0 N–H and O–H groups in total. The summed E-state index contributed by atoms with van der Waals surface area (Å²) in [5.41, 5.74) is 2.06. The van der Waals surface area contributed by atoms with Crippen LogP contribution in [0, 0.1) is 5.82 Å². The number of hydrogen-bond acceptors (Lipinski definition) is 2. The van der Waals surface area contributed by atoms with Crippen LogP contribution in [0.3, 0.4) is 0 Å². The minimum Gasteiger partial charge on any atom is -0.494 e. The van der Waals surface area contributed by atoms with Crippen molar-refractivity contribution in [3.8, 4) is 16.9 Å². The maximum Gasteiger partial charge on any atom is 0.250 e. The second-order valence-corrected chi connectivity index (χ2v) is 6.43. The van der Waals surface area contributed by atoms with Crippen LogP contribution in [0.1, 0.15) is 18.9 Å². The summed E-state index contributed by atoms with van der Waals surface area (Å²) in [5.74, 6) is 0.388. The lowest BCUT2D eigenvalue weighted by atomic mass is 10.1. The van der Waals surface area contributed by atoms with Crippen molar-refractivity contribution in [1.82, 2.24) is 4.57 Å². The highest BCUT2D eigenvalue weighted by Crippen LogP contribution is 2.22. The van der Waals surface area contributed by atoms with Crippen LogP contribution >= 0.6 is 11.6 Å². The summed E-state index contributed by atoms with van der Waals surface area (Å²) in [5, 5.41) is 0.331. The van der Waals surface area contributed by atoms with Crippen molar-refractivity contribution in [3.05, 3.63) is 87.6 Å². The summed E-state index contributed by atoms with van der Waals surface area (Å²) in [7, 11) is 0. The van der Waals surface area contributed by atoms with Crippen molar-refractivity contribution in [1.29, 1.82) is 0 Å². The van der Waals surface area contributed by atoms with Crippen LogP contribution in [0.2, 0.25) is 5.02 Å². The Balaban J connectivity index is 1.86. The predicted molar refractivity (Wildman–Crippen MR) is 102 cm³/mol. The van der Waals surface area contributed by atoms with Crippen LogP contribution < -0.4 is 10.3 Å². The normalized spacial score (nSPS) is 10.7. The van der Waals surface area contributed by atoms with Gasteiger partial charge in [-0.25, -0.2) is 4.39 Å². The van der Waals surface area contributed by atoms with Gasteiger partial charge >= 0.3 is 0 Å². The van der Waals surface area contributed by atoms with Crippen LogP contribution in [0.15, 0.2) is 65.6 Å². The van der Waals surface area contributed by atoms with Crippen molar-refractivity contribution in [2.24, 2.45) is 0 Å². The highest BCUT2D eigenvalue weighted by Gasteiger charge is 2.07. The number of benzene rings is 2. The molecule has 0 amide bonds.